The first-order chi connectivity index (χ1) is 11.9. The van der Waals surface area contributed by atoms with Crippen LogP contribution in [0.25, 0.3) is 6.08 Å². The maximum atomic E-state index is 12.1. The van der Waals surface area contributed by atoms with Crippen LogP contribution in [0.3, 0.4) is 0 Å². The van der Waals surface area contributed by atoms with Gasteiger partial charge in [0.1, 0.15) is 11.5 Å². The van der Waals surface area contributed by atoms with Gasteiger partial charge >= 0.3 is 23.9 Å². The Balaban J connectivity index is 2.69. The molecule has 0 aromatic carbocycles. The van der Waals surface area contributed by atoms with Gasteiger partial charge in [-0.1, -0.05) is 0 Å². The first-order valence-corrected chi connectivity index (χ1v) is 7.04. The lowest BCUT2D eigenvalue weighted by atomic mass is 9.94. The summed E-state index contributed by atoms with van der Waals surface area (Å²) in [5.41, 5.74) is -0.342. The third kappa shape index (κ3) is 3.10. The Hall–Kier alpha value is -3.17. The van der Waals surface area contributed by atoms with Crippen LogP contribution in [0.5, 0.6) is 0 Å². The zero-order chi connectivity index (χ0) is 18.7. The van der Waals surface area contributed by atoms with Crippen molar-refractivity contribution < 1.29 is 38.1 Å². The first-order valence-electron chi connectivity index (χ1n) is 7.04. The second-order valence-electron chi connectivity index (χ2n) is 4.94. The molecule has 0 saturated carbocycles. The van der Waals surface area contributed by atoms with Crippen molar-refractivity contribution in [2.24, 2.45) is 5.92 Å². The molecule has 0 aliphatic carbocycles. The molecule has 1 atom stereocenters. The lowest BCUT2D eigenvalue weighted by Crippen LogP contribution is -2.31. The number of carbonyl (C=O) groups is 4. The van der Waals surface area contributed by atoms with Crippen molar-refractivity contribution in [1.29, 1.82) is 0 Å². The summed E-state index contributed by atoms with van der Waals surface area (Å²) in [6.45, 7) is -0.121. The number of carbonyl (C=O) groups excluding carboxylic acids is 4. The van der Waals surface area contributed by atoms with E-state index in [0.29, 0.717) is 0 Å². The molecular formula is C15H16N2O8. The van der Waals surface area contributed by atoms with Crippen LogP contribution in [0.2, 0.25) is 0 Å². The van der Waals surface area contributed by atoms with Crippen molar-refractivity contribution in [2.75, 3.05) is 28.4 Å². The summed E-state index contributed by atoms with van der Waals surface area (Å²) in [5.74, 6) is -4.14. The van der Waals surface area contributed by atoms with Crippen molar-refractivity contribution in [2.45, 2.75) is 6.54 Å². The highest BCUT2D eigenvalue weighted by Crippen LogP contribution is 2.30. The van der Waals surface area contributed by atoms with Gasteiger partial charge in [-0.2, -0.15) is 5.10 Å². The average molecular weight is 352 g/mol. The molecule has 0 amide bonds. The van der Waals surface area contributed by atoms with Crippen LogP contribution >= 0.6 is 0 Å². The Morgan fingerprint density at radius 3 is 2.08 bits per heavy atom. The lowest BCUT2D eigenvalue weighted by molar-refractivity contribution is -0.148. The van der Waals surface area contributed by atoms with E-state index in [0.717, 1.165) is 21.3 Å². The van der Waals surface area contributed by atoms with Gasteiger partial charge in [-0.25, -0.2) is 14.4 Å². The van der Waals surface area contributed by atoms with Gasteiger partial charge in [-0.05, 0) is 6.08 Å². The number of hydrogen-bond acceptors (Lipinski definition) is 9. The summed E-state index contributed by atoms with van der Waals surface area (Å²) in [5, 5.41) is 4.01. The van der Waals surface area contributed by atoms with E-state index in [1.807, 2.05) is 0 Å². The number of aromatic nitrogens is 2. The lowest BCUT2D eigenvalue weighted by Gasteiger charge is -2.22. The molecule has 1 aromatic heterocycles. The van der Waals surface area contributed by atoms with Gasteiger partial charge in [0.2, 0.25) is 0 Å². The van der Waals surface area contributed by atoms with Crippen molar-refractivity contribution in [1.82, 2.24) is 9.78 Å². The molecule has 0 fully saturated rings. The summed E-state index contributed by atoms with van der Waals surface area (Å²) >= 11 is 0. The van der Waals surface area contributed by atoms with Gasteiger partial charge in [-0.3, -0.25) is 9.48 Å². The Bertz CT molecular complexity index is 777. The van der Waals surface area contributed by atoms with Crippen LogP contribution in [0.4, 0.5) is 0 Å². The van der Waals surface area contributed by atoms with Crippen LogP contribution in [-0.4, -0.2) is 62.1 Å². The minimum absolute atomic E-state index is 0.0247. The third-order valence-corrected chi connectivity index (χ3v) is 3.69. The van der Waals surface area contributed by atoms with Gasteiger partial charge in [0.15, 0.2) is 5.69 Å². The Morgan fingerprint density at radius 1 is 0.960 bits per heavy atom. The van der Waals surface area contributed by atoms with Gasteiger partial charge in [0.25, 0.3) is 0 Å². The maximum Gasteiger partial charge on any atom is 0.359 e. The van der Waals surface area contributed by atoms with Crippen molar-refractivity contribution in [3.05, 3.63) is 22.5 Å². The Kier molecular flexibility index (Phi) is 5.20. The highest BCUT2D eigenvalue weighted by molar-refractivity contribution is 6.07. The van der Waals surface area contributed by atoms with E-state index >= 15 is 0 Å². The van der Waals surface area contributed by atoms with Crippen molar-refractivity contribution in [3.8, 4) is 0 Å². The van der Waals surface area contributed by atoms with E-state index < -0.39 is 29.8 Å². The number of methoxy groups -OCH3 is 4. The largest absolute Gasteiger partial charge is 0.468 e. The molecule has 10 heteroatoms. The zero-order valence-electron chi connectivity index (χ0n) is 14.0. The second kappa shape index (κ2) is 7.16. The number of esters is 4. The Labute approximate surface area is 142 Å². The zero-order valence-corrected chi connectivity index (χ0v) is 14.0. The standard InChI is InChI=1S/C15H16N2O8/c1-22-12(18)7-5-9-10(14(20)24-3)11(15(21)25-4)16-17(9)6-8(7)13(19)23-2/h5,8H,6H2,1-4H3. The fourth-order valence-electron chi connectivity index (χ4n) is 2.49. The van der Waals surface area contributed by atoms with Gasteiger partial charge < -0.3 is 18.9 Å². The molecule has 1 aromatic rings. The van der Waals surface area contributed by atoms with E-state index in [1.54, 1.807) is 0 Å². The third-order valence-electron chi connectivity index (χ3n) is 3.69. The van der Waals surface area contributed by atoms with E-state index in [-0.39, 0.29) is 29.1 Å². The average Bonchev–Trinajstić information content (AvgIpc) is 3.02. The predicted octanol–water partition coefficient (Wildman–Crippen LogP) is -0.185. The predicted molar refractivity (Wildman–Crippen MR) is 80.4 cm³/mol. The molecule has 10 nitrogen and oxygen atoms in total. The van der Waals surface area contributed by atoms with Crippen LogP contribution in [0.1, 0.15) is 26.5 Å². The molecule has 0 bridgehead atoms. The molecule has 0 spiro atoms. The van der Waals surface area contributed by atoms with Crippen LogP contribution in [0.15, 0.2) is 5.57 Å². The molecule has 0 N–H and O–H groups in total. The molecule has 0 radical (unpaired) electrons. The van der Waals surface area contributed by atoms with E-state index in [9.17, 15) is 19.2 Å². The highest BCUT2D eigenvalue weighted by atomic mass is 16.5. The topological polar surface area (TPSA) is 123 Å². The van der Waals surface area contributed by atoms with E-state index in [4.69, 9.17) is 4.74 Å². The fraction of sp³-hybridized carbons (Fsp3) is 0.400. The van der Waals surface area contributed by atoms with Crippen LogP contribution < -0.4 is 0 Å². The van der Waals surface area contributed by atoms with Gasteiger partial charge in [0, 0.05) is 0 Å². The summed E-state index contributed by atoms with van der Waals surface area (Å²) in [7, 11) is 4.60. The van der Waals surface area contributed by atoms with Crippen molar-refractivity contribution in [3.63, 3.8) is 0 Å². The monoisotopic (exact) mass is 352 g/mol. The molecule has 1 unspecified atom stereocenters. The van der Waals surface area contributed by atoms with Crippen LogP contribution in [0, 0.1) is 5.92 Å². The number of hydrogen-bond donors (Lipinski definition) is 0. The summed E-state index contributed by atoms with van der Waals surface area (Å²) in [6, 6.07) is 0. The minimum Gasteiger partial charge on any atom is -0.468 e. The summed E-state index contributed by atoms with van der Waals surface area (Å²) in [4.78, 5) is 48.0. The summed E-state index contributed by atoms with van der Waals surface area (Å²) in [6.07, 6.45) is 1.25. The van der Waals surface area contributed by atoms with Gasteiger partial charge in [0.05, 0.1) is 46.3 Å². The molecule has 2 rings (SSSR count). The Morgan fingerprint density at radius 2 is 1.56 bits per heavy atom. The number of rotatable bonds is 4. The normalized spacial score (nSPS) is 15.5. The number of ether oxygens (including phenoxy) is 4. The molecule has 134 valence electrons. The smallest absolute Gasteiger partial charge is 0.359 e. The fourth-order valence-corrected chi connectivity index (χ4v) is 2.49. The summed E-state index contributed by atoms with van der Waals surface area (Å²) < 4.78 is 19.9. The molecule has 0 saturated heterocycles. The quantitative estimate of drug-likeness (QED) is 0.536. The van der Waals surface area contributed by atoms with Crippen LogP contribution in [-0.2, 0) is 35.1 Å². The number of fused-ring (bicyclic) bond motifs is 1. The first kappa shape index (κ1) is 18.2. The molecular weight excluding hydrogens is 336 g/mol. The second-order valence-corrected chi connectivity index (χ2v) is 4.94. The molecule has 2 heterocycles. The van der Waals surface area contributed by atoms with Gasteiger partial charge in [-0.15, -0.1) is 0 Å². The van der Waals surface area contributed by atoms with E-state index in [1.165, 1.54) is 17.9 Å². The van der Waals surface area contributed by atoms with E-state index in [2.05, 4.69) is 19.3 Å². The maximum absolute atomic E-state index is 12.1. The minimum atomic E-state index is -0.999. The highest BCUT2D eigenvalue weighted by Gasteiger charge is 2.38. The molecule has 25 heavy (non-hydrogen) atoms. The number of nitrogens with zero attached hydrogens (tertiary/aromatic N) is 2. The molecule has 1 aliphatic rings. The SMILES string of the molecule is COC(=O)C1=Cc2c(C(=O)OC)c(C(=O)OC)nn2CC1C(=O)OC. The van der Waals surface area contributed by atoms with Crippen molar-refractivity contribution >= 4 is 30.0 Å². The molecule has 1 aliphatic heterocycles.